The van der Waals surface area contributed by atoms with Gasteiger partial charge in [-0.05, 0) is 24.3 Å². The maximum atomic E-state index is 12.3. The average molecular weight is 254 g/mol. The van der Waals surface area contributed by atoms with Gasteiger partial charge in [0.25, 0.3) is 5.91 Å². The van der Waals surface area contributed by atoms with Crippen LogP contribution in [0, 0.1) is 5.92 Å². The van der Waals surface area contributed by atoms with Crippen molar-refractivity contribution < 1.29 is 4.79 Å². The van der Waals surface area contributed by atoms with Crippen molar-refractivity contribution in [3.05, 3.63) is 16.3 Å². The Morgan fingerprint density at radius 3 is 2.47 bits per heavy atom. The van der Waals surface area contributed by atoms with Crippen molar-refractivity contribution in [3.63, 3.8) is 0 Å². The van der Waals surface area contributed by atoms with E-state index in [2.05, 4.69) is 13.8 Å². The first kappa shape index (κ1) is 14.0. The molecule has 2 N–H and O–H groups in total. The standard InChI is InChI=1S/C13H22N2OS/c1-4-10(5-2)9-15(6-3)13(16)12-11(14)7-8-17-12/h7-8,10H,4-6,9,14H2,1-3H3. The lowest BCUT2D eigenvalue weighted by Gasteiger charge is -2.25. The zero-order valence-corrected chi connectivity index (χ0v) is 11.7. The molecular formula is C13H22N2OS. The van der Waals surface area contributed by atoms with Gasteiger partial charge < -0.3 is 10.6 Å². The van der Waals surface area contributed by atoms with Crippen molar-refractivity contribution in [2.45, 2.75) is 33.6 Å². The molecule has 0 radical (unpaired) electrons. The summed E-state index contributed by atoms with van der Waals surface area (Å²) in [7, 11) is 0. The topological polar surface area (TPSA) is 46.3 Å². The van der Waals surface area contributed by atoms with Crippen molar-refractivity contribution in [1.82, 2.24) is 4.90 Å². The molecule has 1 aromatic rings. The summed E-state index contributed by atoms with van der Waals surface area (Å²) in [5.74, 6) is 0.659. The molecule has 0 atom stereocenters. The number of nitrogens with zero attached hydrogens (tertiary/aromatic N) is 1. The number of nitrogens with two attached hydrogens (primary N) is 1. The van der Waals surface area contributed by atoms with E-state index in [0.717, 1.165) is 25.9 Å². The number of thiophene rings is 1. The van der Waals surface area contributed by atoms with Crippen molar-refractivity contribution in [2.24, 2.45) is 5.92 Å². The summed E-state index contributed by atoms with van der Waals surface area (Å²) in [5, 5.41) is 1.87. The summed E-state index contributed by atoms with van der Waals surface area (Å²) < 4.78 is 0. The third-order valence-corrected chi connectivity index (χ3v) is 4.11. The van der Waals surface area contributed by atoms with Crippen LogP contribution in [0.3, 0.4) is 0 Å². The average Bonchev–Trinajstić information content (AvgIpc) is 2.76. The van der Waals surface area contributed by atoms with E-state index in [4.69, 9.17) is 5.73 Å². The first-order valence-corrected chi connectivity index (χ1v) is 7.14. The molecule has 0 unspecified atom stereocenters. The number of hydrogen-bond acceptors (Lipinski definition) is 3. The van der Waals surface area contributed by atoms with Crippen LogP contribution in [0.1, 0.15) is 43.3 Å². The van der Waals surface area contributed by atoms with Crippen LogP contribution in [-0.2, 0) is 0 Å². The van der Waals surface area contributed by atoms with Crippen LogP contribution in [0.25, 0.3) is 0 Å². The summed E-state index contributed by atoms with van der Waals surface area (Å²) in [6.45, 7) is 7.94. The number of rotatable bonds is 6. The first-order valence-electron chi connectivity index (χ1n) is 6.26. The highest BCUT2D eigenvalue weighted by molar-refractivity contribution is 7.12. The second-order valence-electron chi connectivity index (χ2n) is 4.23. The quantitative estimate of drug-likeness (QED) is 0.847. The predicted molar refractivity (Wildman–Crippen MR) is 74.4 cm³/mol. The fourth-order valence-corrected chi connectivity index (χ4v) is 2.64. The van der Waals surface area contributed by atoms with Gasteiger partial charge in [0, 0.05) is 13.1 Å². The van der Waals surface area contributed by atoms with E-state index in [-0.39, 0.29) is 5.91 Å². The Kier molecular flexibility index (Phi) is 5.48. The maximum Gasteiger partial charge on any atom is 0.266 e. The van der Waals surface area contributed by atoms with E-state index in [1.165, 1.54) is 11.3 Å². The Bertz CT molecular complexity index is 358. The minimum Gasteiger partial charge on any atom is -0.397 e. The van der Waals surface area contributed by atoms with Gasteiger partial charge in [-0.3, -0.25) is 4.79 Å². The monoisotopic (exact) mass is 254 g/mol. The van der Waals surface area contributed by atoms with E-state index in [1.807, 2.05) is 17.2 Å². The molecule has 0 saturated carbocycles. The van der Waals surface area contributed by atoms with Gasteiger partial charge in [-0.25, -0.2) is 0 Å². The van der Waals surface area contributed by atoms with Gasteiger partial charge in [-0.15, -0.1) is 11.3 Å². The van der Waals surface area contributed by atoms with Crippen LogP contribution in [0.4, 0.5) is 5.69 Å². The Hall–Kier alpha value is -1.03. The fourth-order valence-electron chi connectivity index (χ4n) is 1.85. The van der Waals surface area contributed by atoms with Crippen LogP contribution in [0.5, 0.6) is 0 Å². The summed E-state index contributed by atoms with van der Waals surface area (Å²) in [6.07, 6.45) is 2.22. The summed E-state index contributed by atoms with van der Waals surface area (Å²) in [4.78, 5) is 14.9. The highest BCUT2D eigenvalue weighted by Gasteiger charge is 2.20. The van der Waals surface area contributed by atoms with Crippen LogP contribution in [-0.4, -0.2) is 23.9 Å². The molecule has 1 heterocycles. The van der Waals surface area contributed by atoms with Gasteiger partial charge in [-0.1, -0.05) is 26.7 Å². The number of nitrogen functional groups attached to an aromatic ring is 1. The summed E-state index contributed by atoms with van der Waals surface area (Å²) in [6, 6.07) is 1.79. The molecular weight excluding hydrogens is 232 g/mol. The molecule has 0 fully saturated rings. The van der Waals surface area contributed by atoms with E-state index in [0.29, 0.717) is 16.5 Å². The molecule has 4 heteroatoms. The summed E-state index contributed by atoms with van der Waals surface area (Å²) >= 11 is 1.43. The van der Waals surface area contributed by atoms with Gasteiger partial charge >= 0.3 is 0 Å². The number of amides is 1. The smallest absolute Gasteiger partial charge is 0.266 e. The zero-order valence-electron chi connectivity index (χ0n) is 10.9. The Labute approximate surface area is 108 Å². The largest absolute Gasteiger partial charge is 0.397 e. The third kappa shape index (κ3) is 3.46. The molecule has 0 bridgehead atoms. The van der Waals surface area contributed by atoms with Crippen LogP contribution in [0.2, 0.25) is 0 Å². The lowest BCUT2D eigenvalue weighted by atomic mass is 10.0. The fraction of sp³-hybridized carbons (Fsp3) is 0.615. The molecule has 17 heavy (non-hydrogen) atoms. The van der Waals surface area contributed by atoms with Gasteiger partial charge in [0.2, 0.25) is 0 Å². The first-order chi connectivity index (χ1) is 8.13. The van der Waals surface area contributed by atoms with Crippen molar-refractivity contribution in [2.75, 3.05) is 18.8 Å². The Balaban J connectivity index is 2.74. The van der Waals surface area contributed by atoms with Gasteiger partial charge in [0.15, 0.2) is 0 Å². The molecule has 0 saturated heterocycles. The second-order valence-corrected chi connectivity index (χ2v) is 5.15. The molecule has 1 aromatic heterocycles. The second kappa shape index (κ2) is 6.64. The zero-order chi connectivity index (χ0) is 12.8. The predicted octanol–water partition coefficient (Wildman–Crippen LogP) is 3.23. The highest BCUT2D eigenvalue weighted by atomic mass is 32.1. The van der Waals surface area contributed by atoms with E-state index >= 15 is 0 Å². The SMILES string of the molecule is CCC(CC)CN(CC)C(=O)c1sccc1N. The molecule has 0 spiro atoms. The Morgan fingerprint density at radius 2 is 2.06 bits per heavy atom. The number of hydrogen-bond donors (Lipinski definition) is 1. The molecule has 1 rings (SSSR count). The third-order valence-electron chi connectivity index (χ3n) is 3.19. The lowest BCUT2D eigenvalue weighted by molar-refractivity contribution is 0.0741. The normalized spacial score (nSPS) is 10.8. The lowest BCUT2D eigenvalue weighted by Crippen LogP contribution is -2.35. The van der Waals surface area contributed by atoms with Crippen LogP contribution >= 0.6 is 11.3 Å². The van der Waals surface area contributed by atoms with E-state index in [9.17, 15) is 4.79 Å². The highest BCUT2D eigenvalue weighted by Crippen LogP contribution is 2.22. The molecule has 0 aromatic carbocycles. The number of anilines is 1. The van der Waals surface area contributed by atoms with E-state index < -0.39 is 0 Å². The molecule has 3 nitrogen and oxygen atoms in total. The van der Waals surface area contributed by atoms with Gasteiger partial charge in [0.1, 0.15) is 4.88 Å². The molecule has 0 aliphatic carbocycles. The molecule has 1 amide bonds. The Morgan fingerprint density at radius 1 is 1.41 bits per heavy atom. The van der Waals surface area contributed by atoms with Crippen molar-refractivity contribution in [3.8, 4) is 0 Å². The minimum atomic E-state index is 0.0758. The molecule has 96 valence electrons. The molecule has 0 aliphatic rings. The van der Waals surface area contributed by atoms with Crippen molar-refractivity contribution >= 4 is 22.9 Å². The van der Waals surface area contributed by atoms with E-state index in [1.54, 1.807) is 6.07 Å². The number of carbonyl (C=O) groups excluding carboxylic acids is 1. The van der Waals surface area contributed by atoms with Gasteiger partial charge in [0.05, 0.1) is 5.69 Å². The van der Waals surface area contributed by atoms with Crippen LogP contribution < -0.4 is 5.73 Å². The maximum absolute atomic E-state index is 12.3. The summed E-state index contributed by atoms with van der Waals surface area (Å²) in [5.41, 5.74) is 6.39. The van der Waals surface area contributed by atoms with Gasteiger partial charge in [-0.2, -0.15) is 0 Å². The molecule has 0 aliphatic heterocycles. The van der Waals surface area contributed by atoms with Crippen LogP contribution in [0.15, 0.2) is 11.4 Å². The van der Waals surface area contributed by atoms with Crippen molar-refractivity contribution in [1.29, 1.82) is 0 Å². The number of carbonyl (C=O) groups is 1. The minimum absolute atomic E-state index is 0.0758.